The minimum atomic E-state index is -0.445. The summed E-state index contributed by atoms with van der Waals surface area (Å²) >= 11 is 7.17. The lowest BCUT2D eigenvalue weighted by atomic mass is 10.00. The first-order chi connectivity index (χ1) is 15.8. The summed E-state index contributed by atoms with van der Waals surface area (Å²) in [5, 5.41) is 4.69. The number of nitrogens with one attached hydrogen (secondary N) is 1. The molecule has 9 heteroatoms. The molecule has 0 radical (unpaired) electrons. The van der Waals surface area contributed by atoms with E-state index in [1.165, 1.54) is 12.4 Å². The average Bonchev–Trinajstić information content (AvgIpc) is 3.65. The highest BCUT2D eigenvalue weighted by Crippen LogP contribution is 2.31. The third-order valence-electron chi connectivity index (χ3n) is 5.19. The molecule has 1 N–H and O–H groups in total. The monoisotopic (exact) mass is 578 g/mol. The van der Waals surface area contributed by atoms with Gasteiger partial charge in [-0.25, -0.2) is 18.7 Å². The van der Waals surface area contributed by atoms with Crippen molar-refractivity contribution in [2.24, 2.45) is 5.92 Å². The smallest absolute Gasteiger partial charge is 0.228 e. The van der Waals surface area contributed by atoms with Crippen molar-refractivity contribution < 1.29 is 13.6 Å². The molecule has 1 amide bonds. The highest BCUT2D eigenvalue weighted by atomic mass is 127. The summed E-state index contributed by atoms with van der Waals surface area (Å²) in [5.74, 6) is -0.00682. The molecule has 1 saturated carbocycles. The number of carbonyl (C=O) groups excluding carboxylic acids is 1. The van der Waals surface area contributed by atoms with Gasteiger partial charge in [0.05, 0.1) is 9.77 Å². The lowest BCUT2D eigenvalue weighted by molar-refractivity contribution is -0.117. The molecule has 33 heavy (non-hydrogen) atoms. The van der Waals surface area contributed by atoms with Gasteiger partial charge in [-0.3, -0.25) is 9.78 Å². The fraction of sp³-hybridized carbons (Fsp3) is 0.167. The van der Waals surface area contributed by atoms with E-state index in [0.717, 1.165) is 34.7 Å². The number of halogens is 4. The van der Waals surface area contributed by atoms with Crippen molar-refractivity contribution >= 4 is 56.7 Å². The van der Waals surface area contributed by atoms with Crippen molar-refractivity contribution in [2.75, 3.05) is 5.32 Å². The Hall–Kier alpha value is -2.72. The van der Waals surface area contributed by atoms with Crippen molar-refractivity contribution in [1.29, 1.82) is 0 Å². The molecule has 0 spiro atoms. The van der Waals surface area contributed by atoms with Gasteiger partial charge in [0.25, 0.3) is 0 Å². The van der Waals surface area contributed by atoms with Crippen LogP contribution in [-0.4, -0.2) is 20.9 Å². The molecule has 3 heterocycles. The first-order valence-electron chi connectivity index (χ1n) is 10.1. The first-order valence-corrected chi connectivity index (χ1v) is 11.6. The predicted octanol–water partition coefficient (Wildman–Crippen LogP) is 6.57. The molecule has 1 fully saturated rings. The SMILES string of the molecule is Cc1c(F)cncc1-c1ccc2cc(NC(=O)C3CC3)ncc2c1.Fc1c(I)ccnc1Cl. The van der Waals surface area contributed by atoms with Crippen LogP contribution >= 0.6 is 34.2 Å². The van der Waals surface area contributed by atoms with Crippen molar-refractivity contribution in [2.45, 2.75) is 19.8 Å². The number of aromatic nitrogens is 3. The number of pyridine rings is 3. The normalized spacial score (nSPS) is 12.8. The molecule has 5 nitrogen and oxygen atoms in total. The largest absolute Gasteiger partial charge is 0.310 e. The molecule has 5 rings (SSSR count). The Labute approximate surface area is 207 Å². The standard InChI is InChI=1S/C19H16FN3O.C5H2ClFIN/c1-11-16(9-21-10-17(11)20)14-5-4-13-7-18(22-8-15(13)6-14)23-19(24)12-2-3-12;6-5-4(7)3(8)1-2-9-5/h4-10,12H,2-3H2,1H3,(H,22,23,24);1-2H. The van der Waals surface area contributed by atoms with E-state index in [4.69, 9.17) is 11.6 Å². The summed E-state index contributed by atoms with van der Waals surface area (Å²) in [6.45, 7) is 1.74. The fourth-order valence-electron chi connectivity index (χ4n) is 3.14. The van der Waals surface area contributed by atoms with Crippen LogP contribution in [0.15, 0.2) is 55.1 Å². The Bertz CT molecular complexity index is 1330. The number of benzene rings is 1. The molecule has 0 saturated heterocycles. The Morgan fingerprint density at radius 1 is 1.09 bits per heavy atom. The molecule has 0 atom stereocenters. The Morgan fingerprint density at radius 3 is 2.58 bits per heavy atom. The molecule has 168 valence electrons. The predicted molar refractivity (Wildman–Crippen MR) is 133 cm³/mol. The lowest BCUT2D eigenvalue weighted by Gasteiger charge is -2.09. The summed E-state index contributed by atoms with van der Waals surface area (Å²) < 4.78 is 26.7. The average molecular weight is 579 g/mol. The van der Waals surface area contributed by atoms with Crippen molar-refractivity contribution in [3.05, 3.63) is 81.0 Å². The Kier molecular flexibility index (Phi) is 7.14. The van der Waals surface area contributed by atoms with Gasteiger partial charge >= 0.3 is 0 Å². The van der Waals surface area contributed by atoms with E-state index in [1.807, 2.05) is 46.9 Å². The number of hydrogen-bond acceptors (Lipinski definition) is 4. The van der Waals surface area contributed by atoms with Gasteiger partial charge in [0.15, 0.2) is 11.0 Å². The minimum Gasteiger partial charge on any atom is -0.310 e. The van der Waals surface area contributed by atoms with Gasteiger partial charge in [0, 0.05) is 35.5 Å². The molecule has 0 aliphatic heterocycles. The van der Waals surface area contributed by atoms with E-state index in [-0.39, 0.29) is 22.8 Å². The lowest BCUT2D eigenvalue weighted by Crippen LogP contribution is -2.14. The van der Waals surface area contributed by atoms with E-state index in [1.54, 1.807) is 25.4 Å². The van der Waals surface area contributed by atoms with Crippen LogP contribution in [0.2, 0.25) is 5.15 Å². The van der Waals surface area contributed by atoms with Crippen LogP contribution in [0, 0.1) is 28.0 Å². The van der Waals surface area contributed by atoms with E-state index in [9.17, 15) is 13.6 Å². The van der Waals surface area contributed by atoms with Gasteiger partial charge in [-0.05, 0) is 77.1 Å². The Morgan fingerprint density at radius 2 is 1.88 bits per heavy atom. The van der Waals surface area contributed by atoms with Crippen molar-refractivity contribution in [3.8, 4) is 11.1 Å². The second-order valence-corrected chi connectivity index (χ2v) is 9.11. The van der Waals surface area contributed by atoms with Crippen LogP contribution in [0.1, 0.15) is 18.4 Å². The highest BCUT2D eigenvalue weighted by Gasteiger charge is 2.29. The third kappa shape index (κ3) is 5.62. The summed E-state index contributed by atoms with van der Waals surface area (Å²) in [5.41, 5.74) is 2.23. The molecule has 4 aromatic rings. The second kappa shape index (κ2) is 10.0. The fourth-order valence-corrected chi connectivity index (χ4v) is 3.87. The molecular weight excluding hydrogens is 561 g/mol. The van der Waals surface area contributed by atoms with Gasteiger partial charge in [-0.15, -0.1) is 0 Å². The zero-order valence-electron chi connectivity index (χ0n) is 17.4. The third-order valence-corrected chi connectivity index (χ3v) is 6.28. The Balaban J connectivity index is 0.000000243. The molecule has 0 bridgehead atoms. The number of anilines is 1. The van der Waals surface area contributed by atoms with Crippen LogP contribution in [0.4, 0.5) is 14.6 Å². The van der Waals surface area contributed by atoms with Crippen LogP contribution in [0.25, 0.3) is 21.9 Å². The van der Waals surface area contributed by atoms with Gasteiger partial charge in [0.1, 0.15) is 11.6 Å². The number of rotatable bonds is 3. The topological polar surface area (TPSA) is 67.8 Å². The van der Waals surface area contributed by atoms with Crippen LogP contribution < -0.4 is 5.32 Å². The molecule has 0 unspecified atom stereocenters. The van der Waals surface area contributed by atoms with Gasteiger partial charge in [-0.1, -0.05) is 23.7 Å². The van der Waals surface area contributed by atoms with E-state index in [0.29, 0.717) is 15.0 Å². The maximum atomic E-state index is 13.7. The zero-order valence-corrected chi connectivity index (χ0v) is 20.4. The van der Waals surface area contributed by atoms with Crippen molar-refractivity contribution in [1.82, 2.24) is 15.0 Å². The van der Waals surface area contributed by atoms with Crippen LogP contribution in [0.5, 0.6) is 0 Å². The second-order valence-electron chi connectivity index (χ2n) is 7.59. The number of nitrogens with zero attached hydrogens (tertiary/aromatic N) is 3. The van der Waals surface area contributed by atoms with E-state index < -0.39 is 5.82 Å². The van der Waals surface area contributed by atoms with E-state index in [2.05, 4.69) is 20.3 Å². The van der Waals surface area contributed by atoms with Crippen LogP contribution in [0.3, 0.4) is 0 Å². The minimum absolute atomic E-state index is 0.0416. The molecule has 3 aromatic heterocycles. The highest BCUT2D eigenvalue weighted by molar-refractivity contribution is 14.1. The molecule has 1 aromatic carbocycles. The molecular formula is C24H18ClF2IN4O. The van der Waals surface area contributed by atoms with E-state index >= 15 is 0 Å². The number of carbonyl (C=O) groups is 1. The molecule has 1 aliphatic carbocycles. The van der Waals surface area contributed by atoms with Gasteiger partial charge < -0.3 is 5.32 Å². The summed E-state index contributed by atoms with van der Waals surface area (Å²) in [4.78, 5) is 23.6. The number of amides is 1. The van der Waals surface area contributed by atoms with Gasteiger partial charge in [-0.2, -0.15) is 0 Å². The summed E-state index contributed by atoms with van der Waals surface area (Å²) in [6, 6.07) is 9.25. The van der Waals surface area contributed by atoms with Gasteiger partial charge in [0.2, 0.25) is 5.91 Å². The quantitative estimate of drug-likeness (QED) is 0.221. The number of fused-ring (bicyclic) bond motifs is 1. The van der Waals surface area contributed by atoms with Crippen molar-refractivity contribution in [3.63, 3.8) is 0 Å². The maximum absolute atomic E-state index is 13.7. The van der Waals surface area contributed by atoms with Crippen LogP contribution in [-0.2, 0) is 4.79 Å². The maximum Gasteiger partial charge on any atom is 0.228 e. The summed E-state index contributed by atoms with van der Waals surface area (Å²) in [6.07, 6.45) is 8.00. The summed E-state index contributed by atoms with van der Waals surface area (Å²) in [7, 11) is 0. The molecule has 1 aliphatic rings. The zero-order chi connectivity index (χ0) is 23.5. The first kappa shape index (κ1) is 23.4. The number of hydrogen-bond donors (Lipinski definition) is 1.